The summed E-state index contributed by atoms with van der Waals surface area (Å²) in [5.74, 6) is 0. The number of hydrogen-bond donors (Lipinski definition) is 0. The van der Waals surface area contributed by atoms with Gasteiger partial charge in [0.25, 0.3) is 0 Å². The molecular formula is C52H42N2. The second kappa shape index (κ2) is 13.7. The lowest BCUT2D eigenvalue weighted by Gasteiger charge is -2.43. The summed E-state index contributed by atoms with van der Waals surface area (Å²) in [6.45, 7) is 11.9. The van der Waals surface area contributed by atoms with Crippen molar-refractivity contribution in [1.82, 2.24) is 4.57 Å². The fourth-order valence-corrected chi connectivity index (χ4v) is 8.68. The van der Waals surface area contributed by atoms with Crippen molar-refractivity contribution in [2.45, 2.75) is 18.8 Å². The smallest absolute Gasteiger partial charge is 0.0585 e. The summed E-state index contributed by atoms with van der Waals surface area (Å²) in [5.41, 5.74) is 14.7. The Morgan fingerprint density at radius 2 is 1.35 bits per heavy atom. The number of para-hydroxylation sites is 3. The third kappa shape index (κ3) is 5.42. The fourth-order valence-electron chi connectivity index (χ4n) is 8.68. The molecule has 1 aromatic heterocycles. The number of rotatable bonds is 6. The molecule has 0 bridgehead atoms. The zero-order chi connectivity index (χ0) is 36.6. The molecule has 0 N–H and O–H groups in total. The average molecular weight is 695 g/mol. The molecule has 260 valence electrons. The second-order valence-electron chi connectivity index (χ2n) is 14.3. The van der Waals surface area contributed by atoms with Crippen LogP contribution in [0.25, 0.3) is 44.2 Å². The van der Waals surface area contributed by atoms with Crippen LogP contribution in [0.4, 0.5) is 5.69 Å². The Bertz CT molecular complexity index is 2700. The molecule has 3 heterocycles. The molecule has 9 rings (SSSR count). The summed E-state index contributed by atoms with van der Waals surface area (Å²) < 4.78 is 2.51. The molecule has 54 heavy (non-hydrogen) atoms. The number of benzene rings is 6. The van der Waals surface area contributed by atoms with Crippen molar-refractivity contribution >= 4 is 33.1 Å². The molecule has 1 atom stereocenters. The zero-order valence-corrected chi connectivity index (χ0v) is 30.6. The standard InChI is InChI=1S/C52H42N2/c1-4-5-8-18-37(2)36-53-38(3)29-30-41(39-19-9-6-10-20-39)33-34-52(47-35-42(31-32-49(47)53)40-21-11-7-12-22-40)45-25-14-16-28-50(45)54-48-27-15-13-23-43(48)44-24-17-26-46(52)51(44)54/h4-33,35H,2-3,34,36H2,1H3/b5-4-,18-8-,30-29-,41-33+. The number of hydrogen-bond acceptors (Lipinski definition) is 1. The van der Waals surface area contributed by atoms with Crippen molar-refractivity contribution in [2.75, 3.05) is 11.4 Å². The predicted molar refractivity (Wildman–Crippen MR) is 230 cm³/mol. The first-order valence-corrected chi connectivity index (χ1v) is 18.8. The van der Waals surface area contributed by atoms with Crippen LogP contribution in [-0.4, -0.2) is 11.1 Å². The molecule has 0 aliphatic carbocycles. The molecule has 0 saturated carbocycles. The van der Waals surface area contributed by atoms with E-state index in [4.69, 9.17) is 6.58 Å². The monoisotopic (exact) mass is 694 g/mol. The summed E-state index contributed by atoms with van der Waals surface area (Å²) in [6.07, 6.45) is 15.9. The van der Waals surface area contributed by atoms with Crippen LogP contribution < -0.4 is 4.90 Å². The lowest BCUT2D eigenvalue weighted by Crippen LogP contribution is -2.36. The van der Waals surface area contributed by atoms with E-state index in [-0.39, 0.29) is 0 Å². The van der Waals surface area contributed by atoms with E-state index < -0.39 is 5.41 Å². The molecule has 0 radical (unpaired) electrons. The number of fused-ring (bicyclic) bond motifs is 9. The van der Waals surface area contributed by atoms with Gasteiger partial charge in [-0.2, -0.15) is 0 Å². The molecule has 0 amide bonds. The second-order valence-corrected chi connectivity index (χ2v) is 14.3. The number of anilines is 1. The number of nitrogens with zero attached hydrogens (tertiary/aromatic N) is 2. The van der Waals surface area contributed by atoms with Crippen LogP contribution in [-0.2, 0) is 5.41 Å². The van der Waals surface area contributed by atoms with Gasteiger partial charge in [-0.1, -0.05) is 171 Å². The molecule has 2 aliphatic rings. The van der Waals surface area contributed by atoms with Crippen LogP contribution in [0, 0.1) is 0 Å². The molecule has 6 aromatic carbocycles. The first-order valence-electron chi connectivity index (χ1n) is 18.8. The van der Waals surface area contributed by atoms with Crippen LogP contribution in [0.1, 0.15) is 35.6 Å². The Morgan fingerprint density at radius 3 is 2.17 bits per heavy atom. The summed E-state index contributed by atoms with van der Waals surface area (Å²) >= 11 is 0. The molecular weight excluding hydrogens is 653 g/mol. The summed E-state index contributed by atoms with van der Waals surface area (Å²) in [7, 11) is 0. The summed E-state index contributed by atoms with van der Waals surface area (Å²) in [4.78, 5) is 2.37. The third-order valence-corrected chi connectivity index (χ3v) is 11.1. The maximum absolute atomic E-state index is 4.74. The van der Waals surface area contributed by atoms with Gasteiger partial charge in [-0.3, -0.25) is 0 Å². The largest absolute Gasteiger partial charge is 0.337 e. The first kappa shape index (κ1) is 33.2. The first-order chi connectivity index (χ1) is 26.6. The van der Waals surface area contributed by atoms with E-state index in [0.29, 0.717) is 6.54 Å². The van der Waals surface area contributed by atoms with Gasteiger partial charge in [-0.05, 0) is 88.2 Å². The molecule has 2 heteroatoms. The van der Waals surface area contributed by atoms with Crippen molar-refractivity contribution in [1.29, 1.82) is 0 Å². The molecule has 2 nitrogen and oxygen atoms in total. The highest BCUT2D eigenvalue weighted by molar-refractivity contribution is 6.12. The minimum absolute atomic E-state index is 0.577. The van der Waals surface area contributed by atoms with Gasteiger partial charge in [0.05, 0.1) is 22.1 Å². The van der Waals surface area contributed by atoms with E-state index in [0.717, 1.165) is 23.4 Å². The van der Waals surface area contributed by atoms with Crippen LogP contribution in [0.2, 0.25) is 0 Å². The molecule has 1 unspecified atom stereocenters. The number of allylic oxidation sites excluding steroid dienone is 7. The Morgan fingerprint density at radius 1 is 0.648 bits per heavy atom. The summed E-state index contributed by atoms with van der Waals surface area (Å²) in [6, 6.07) is 53.4. The van der Waals surface area contributed by atoms with Crippen molar-refractivity contribution in [3.8, 4) is 16.8 Å². The Hall–Kier alpha value is -6.64. The van der Waals surface area contributed by atoms with Crippen LogP contribution in [0.3, 0.4) is 0 Å². The Balaban J connectivity index is 1.43. The van der Waals surface area contributed by atoms with Gasteiger partial charge in [0, 0.05) is 28.7 Å². The van der Waals surface area contributed by atoms with E-state index >= 15 is 0 Å². The van der Waals surface area contributed by atoms with Crippen molar-refractivity contribution < 1.29 is 0 Å². The molecule has 7 aromatic rings. The van der Waals surface area contributed by atoms with Gasteiger partial charge >= 0.3 is 0 Å². The highest BCUT2D eigenvalue weighted by Gasteiger charge is 2.45. The molecule has 0 saturated heterocycles. The van der Waals surface area contributed by atoms with Gasteiger partial charge < -0.3 is 9.47 Å². The quantitative estimate of drug-likeness (QED) is 0.157. The van der Waals surface area contributed by atoms with E-state index in [1.54, 1.807) is 0 Å². The zero-order valence-electron chi connectivity index (χ0n) is 30.6. The van der Waals surface area contributed by atoms with Crippen molar-refractivity contribution in [3.63, 3.8) is 0 Å². The highest BCUT2D eigenvalue weighted by Crippen LogP contribution is 2.56. The Kier molecular flexibility index (Phi) is 8.44. The number of aromatic nitrogens is 1. The van der Waals surface area contributed by atoms with Gasteiger partial charge in [-0.25, -0.2) is 0 Å². The minimum Gasteiger partial charge on any atom is -0.337 e. The molecule has 1 spiro atoms. The van der Waals surface area contributed by atoms with E-state index in [9.17, 15) is 0 Å². The minimum atomic E-state index is -0.577. The van der Waals surface area contributed by atoms with Crippen molar-refractivity contribution in [3.05, 3.63) is 235 Å². The van der Waals surface area contributed by atoms with Crippen LogP contribution in [0.5, 0.6) is 0 Å². The highest BCUT2D eigenvalue weighted by atomic mass is 15.1. The molecule has 0 fully saturated rings. The summed E-state index contributed by atoms with van der Waals surface area (Å²) in [5, 5.41) is 2.53. The van der Waals surface area contributed by atoms with Gasteiger partial charge in [0.2, 0.25) is 0 Å². The van der Waals surface area contributed by atoms with Gasteiger partial charge in [-0.15, -0.1) is 0 Å². The fraction of sp³-hybridized carbons (Fsp3) is 0.0769. The molecule has 2 aliphatic heterocycles. The van der Waals surface area contributed by atoms with E-state index in [1.807, 2.05) is 19.1 Å². The Labute approximate surface area is 318 Å². The van der Waals surface area contributed by atoms with E-state index in [2.05, 4.69) is 192 Å². The maximum Gasteiger partial charge on any atom is 0.0585 e. The maximum atomic E-state index is 4.74. The van der Waals surface area contributed by atoms with Crippen LogP contribution >= 0.6 is 0 Å². The van der Waals surface area contributed by atoms with Crippen molar-refractivity contribution in [2.24, 2.45) is 0 Å². The van der Waals surface area contributed by atoms with Crippen LogP contribution in [0.15, 0.2) is 213 Å². The van der Waals surface area contributed by atoms with E-state index in [1.165, 1.54) is 66.4 Å². The van der Waals surface area contributed by atoms with Gasteiger partial charge in [0.15, 0.2) is 0 Å². The lowest BCUT2D eigenvalue weighted by molar-refractivity contribution is 0.617. The third-order valence-electron chi connectivity index (χ3n) is 11.1. The topological polar surface area (TPSA) is 8.17 Å². The van der Waals surface area contributed by atoms with Gasteiger partial charge in [0.1, 0.15) is 0 Å². The SMILES string of the molecule is C=C(/C=C\C=C/C)CN1C(=C)/C=C\C(c2ccccc2)=C/CC2(c3cc(-c4ccccc4)ccc31)c1ccccc1-n1c3ccccc3c3cccc2c31. The average Bonchev–Trinajstić information content (AvgIpc) is 3.56. The lowest BCUT2D eigenvalue weighted by atomic mass is 9.63. The predicted octanol–water partition coefficient (Wildman–Crippen LogP) is 13.2. The normalized spacial score (nSPS) is 18.2.